The third kappa shape index (κ3) is 6.53. The highest BCUT2D eigenvalue weighted by Gasteiger charge is 2.51. The highest BCUT2D eigenvalue weighted by molar-refractivity contribution is 7.92. The van der Waals surface area contributed by atoms with Crippen molar-refractivity contribution in [3.63, 3.8) is 0 Å². The van der Waals surface area contributed by atoms with Crippen LogP contribution in [-0.2, 0) is 19.4 Å². The number of hydrogen-bond donors (Lipinski definition) is 5. The van der Waals surface area contributed by atoms with Gasteiger partial charge in [-0.25, -0.2) is 18.0 Å². The number of sulfone groups is 1. The molecule has 0 bridgehead atoms. The Morgan fingerprint density at radius 1 is 1.06 bits per heavy atom. The van der Waals surface area contributed by atoms with E-state index in [0.717, 1.165) is 0 Å². The zero-order valence-corrected chi connectivity index (χ0v) is 19.0. The molecule has 0 aromatic carbocycles. The maximum absolute atomic E-state index is 12.3. The van der Waals surface area contributed by atoms with E-state index in [1.54, 1.807) is 0 Å². The van der Waals surface area contributed by atoms with E-state index in [2.05, 4.69) is 16.0 Å². The molecule has 5 N–H and O–H groups in total. The van der Waals surface area contributed by atoms with Crippen LogP contribution >= 0.6 is 0 Å². The van der Waals surface area contributed by atoms with E-state index in [4.69, 9.17) is 4.84 Å². The van der Waals surface area contributed by atoms with Crippen molar-refractivity contribution in [3.05, 3.63) is 12.1 Å². The van der Waals surface area contributed by atoms with Crippen LogP contribution in [0.5, 0.6) is 11.8 Å². The molecule has 2 fully saturated rings. The van der Waals surface area contributed by atoms with Crippen LogP contribution in [0.25, 0.3) is 0 Å². The van der Waals surface area contributed by atoms with Crippen LogP contribution in [0.15, 0.2) is 12.1 Å². The Hall–Kier alpha value is -2.96. The van der Waals surface area contributed by atoms with Crippen molar-refractivity contribution in [3.8, 4) is 11.8 Å². The third-order valence-electron chi connectivity index (χ3n) is 5.83. The van der Waals surface area contributed by atoms with Gasteiger partial charge in [0.1, 0.15) is 0 Å². The summed E-state index contributed by atoms with van der Waals surface area (Å²) < 4.78 is 25.2. The lowest BCUT2D eigenvalue weighted by Crippen LogP contribution is -2.39. The summed E-state index contributed by atoms with van der Waals surface area (Å²) in [5, 5.41) is 26.3. The second-order valence-corrected chi connectivity index (χ2v) is 10.6. The van der Waals surface area contributed by atoms with Gasteiger partial charge in [0.15, 0.2) is 9.84 Å². The molecule has 3 rings (SSSR count). The van der Waals surface area contributed by atoms with Crippen LogP contribution in [0, 0.1) is 0 Å². The van der Waals surface area contributed by atoms with Crippen molar-refractivity contribution in [2.75, 3.05) is 12.3 Å². The molecule has 3 unspecified atom stereocenters. The molecule has 0 spiro atoms. The van der Waals surface area contributed by atoms with Gasteiger partial charge in [-0.2, -0.15) is 0 Å². The van der Waals surface area contributed by atoms with Crippen molar-refractivity contribution in [2.24, 2.45) is 0 Å². The van der Waals surface area contributed by atoms with Gasteiger partial charge in [-0.1, -0.05) is 12.8 Å². The average molecular weight is 487 g/mol. The van der Waals surface area contributed by atoms with Crippen LogP contribution in [-0.4, -0.2) is 70.9 Å². The highest BCUT2D eigenvalue weighted by Crippen LogP contribution is 2.28. The van der Waals surface area contributed by atoms with E-state index in [1.807, 2.05) is 0 Å². The molecule has 3 heterocycles. The normalized spacial score (nSPS) is 22.9. The van der Waals surface area contributed by atoms with Crippen LogP contribution in [0.3, 0.4) is 0 Å². The van der Waals surface area contributed by atoms with Gasteiger partial charge >= 0.3 is 12.0 Å². The van der Waals surface area contributed by atoms with Crippen molar-refractivity contribution in [2.45, 2.75) is 68.7 Å². The van der Waals surface area contributed by atoms with Crippen LogP contribution in [0.2, 0.25) is 0 Å². The van der Waals surface area contributed by atoms with Crippen LogP contribution in [0.1, 0.15) is 51.4 Å². The number of fused-ring (bicyclic) bond motifs is 1. The molecule has 0 saturated carbocycles. The molecular formula is C20H30N4O8S. The predicted molar refractivity (Wildman–Crippen MR) is 116 cm³/mol. The zero-order valence-electron chi connectivity index (χ0n) is 18.2. The molecule has 33 heavy (non-hydrogen) atoms. The van der Waals surface area contributed by atoms with Gasteiger partial charge in [-0.15, -0.1) is 4.73 Å². The van der Waals surface area contributed by atoms with E-state index in [9.17, 15) is 33.0 Å². The first kappa shape index (κ1) is 24.7. The average Bonchev–Trinajstić information content (AvgIpc) is 3.32. The number of aromatic hydroxyl groups is 2. The molecule has 2 aliphatic heterocycles. The maximum Gasteiger partial charge on any atom is 0.333 e. The Morgan fingerprint density at radius 2 is 1.76 bits per heavy atom. The molecule has 3 atom stereocenters. The SMILES string of the molecule is O=C(CCCCC1C2NC(=O)NC2CS1(=O)=O)NCCCCCC(=O)On1c(O)ccc1O. The minimum absolute atomic E-state index is 0.0451. The molecule has 12 nitrogen and oxygen atoms in total. The maximum atomic E-state index is 12.3. The summed E-state index contributed by atoms with van der Waals surface area (Å²) in [5.74, 6) is -1.50. The van der Waals surface area contributed by atoms with Crippen molar-refractivity contribution < 1.29 is 37.9 Å². The largest absolute Gasteiger partial charge is 0.492 e. The summed E-state index contributed by atoms with van der Waals surface area (Å²) in [6, 6.07) is 1.30. The highest BCUT2D eigenvalue weighted by atomic mass is 32.2. The molecule has 2 aliphatic rings. The first-order valence-corrected chi connectivity index (χ1v) is 12.7. The zero-order chi connectivity index (χ0) is 24.0. The topological polar surface area (TPSA) is 176 Å². The molecule has 0 aliphatic carbocycles. The Bertz CT molecular complexity index is 957. The first-order valence-electron chi connectivity index (χ1n) is 11.0. The van der Waals surface area contributed by atoms with Gasteiger partial charge in [0.05, 0.1) is 23.1 Å². The van der Waals surface area contributed by atoms with Gasteiger partial charge in [0, 0.05) is 31.5 Å². The van der Waals surface area contributed by atoms with Gasteiger partial charge in [-0.05, 0) is 25.7 Å². The number of carbonyl (C=O) groups excluding carboxylic acids is 3. The fourth-order valence-corrected chi connectivity index (χ4v) is 6.44. The standard InChI is InChI=1S/C20H30N4O8S/c25-15(7-4-3-6-14-19-13(12-33(14,30)31)22-20(29)23-19)21-11-5-1-2-8-18(28)32-24-16(26)9-10-17(24)27/h9-10,13-14,19,26-27H,1-8,11-12H2,(H,21,25)(H2,22,23,29). The number of aromatic nitrogens is 1. The molecule has 13 heteroatoms. The van der Waals surface area contributed by atoms with Gasteiger partial charge < -0.3 is 31.0 Å². The van der Waals surface area contributed by atoms with Crippen molar-refractivity contribution in [1.29, 1.82) is 0 Å². The van der Waals surface area contributed by atoms with Crippen LogP contribution < -0.4 is 20.8 Å². The number of amides is 3. The van der Waals surface area contributed by atoms with E-state index in [-0.39, 0.29) is 41.9 Å². The summed E-state index contributed by atoms with van der Waals surface area (Å²) in [6.07, 6.45) is 3.82. The lowest BCUT2D eigenvalue weighted by molar-refractivity contribution is -0.145. The Kier molecular flexibility index (Phi) is 8.06. The van der Waals surface area contributed by atoms with Crippen molar-refractivity contribution in [1.82, 2.24) is 20.7 Å². The molecule has 1 aromatic rings. The summed E-state index contributed by atoms with van der Waals surface area (Å²) in [5.41, 5.74) is 0. The van der Waals surface area contributed by atoms with E-state index in [0.29, 0.717) is 56.2 Å². The second-order valence-electron chi connectivity index (χ2n) is 8.33. The molecule has 2 saturated heterocycles. The smallest absolute Gasteiger partial charge is 0.333 e. The molecule has 0 radical (unpaired) electrons. The van der Waals surface area contributed by atoms with E-state index < -0.39 is 27.1 Å². The fraction of sp³-hybridized carbons (Fsp3) is 0.650. The monoisotopic (exact) mass is 486 g/mol. The number of carbonyl (C=O) groups is 3. The molecule has 184 valence electrons. The lowest BCUT2D eigenvalue weighted by atomic mass is 10.0. The molecule has 1 aromatic heterocycles. The van der Waals surface area contributed by atoms with E-state index >= 15 is 0 Å². The van der Waals surface area contributed by atoms with Gasteiger partial charge in [-0.3, -0.25) is 4.79 Å². The minimum atomic E-state index is -3.26. The number of urea groups is 1. The number of unbranched alkanes of at least 4 members (excludes halogenated alkanes) is 3. The molecule has 3 amide bonds. The summed E-state index contributed by atoms with van der Waals surface area (Å²) in [7, 11) is -3.26. The van der Waals surface area contributed by atoms with Crippen molar-refractivity contribution >= 4 is 27.7 Å². The quantitative estimate of drug-likeness (QED) is 0.202. The summed E-state index contributed by atoms with van der Waals surface area (Å²) in [6.45, 7) is 0.464. The predicted octanol–water partition coefficient (Wildman–Crippen LogP) is -0.0615. The Morgan fingerprint density at radius 3 is 2.48 bits per heavy atom. The first-order chi connectivity index (χ1) is 15.7. The Balaban J connectivity index is 1.21. The van der Waals surface area contributed by atoms with Gasteiger partial charge in [0.25, 0.3) is 0 Å². The van der Waals surface area contributed by atoms with Gasteiger partial charge in [0.2, 0.25) is 17.7 Å². The number of nitrogens with zero attached hydrogens (tertiary/aromatic N) is 1. The Labute approximate surface area is 191 Å². The molecular weight excluding hydrogens is 456 g/mol. The number of rotatable bonds is 12. The second kappa shape index (κ2) is 10.8. The minimum Gasteiger partial charge on any atom is -0.492 e. The third-order valence-corrected chi connectivity index (χ3v) is 8.11. The fourth-order valence-electron chi connectivity index (χ4n) is 4.17. The summed E-state index contributed by atoms with van der Waals surface area (Å²) in [4.78, 5) is 39.9. The van der Waals surface area contributed by atoms with Crippen LogP contribution in [0.4, 0.5) is 4.79 Å². The number of nitrogens with one attached hydrogen (secondary N) is 3. The lowest BCUT2D eigenvalue weighted by Gasteiger charge is -2.16. The number of hydrogen-bond acceptors (Lipinski definition) is 8. The summed E-state index contributed by atoms with van der Waals surface area (Å²) >= 11 is 0. The van der Waals surface area contributed by atoms with E-state index in [1.165, 1.54) is 12.1 Å².